The fourth-order valence-corrected chi connectivity index (χ4v) is 2.65. The molecule has 0 saturated heterocycles. The summed E-state index contributed by atoms with van der Waals surface area (Å²) in [4.78, 5) is 10.3. The van der Waals surface area contributed by atoms with Crippen molar-refractivity contribution in [3.8, 4) is 0 Å². The number of aliphatic carboxylic acids is 1. The zero-order chi connectivity index (χ0) is 14.9. The molecule has 22 heavy (non-hydrogen) atoms. The standard InChI is InChI=1S/C18H36O2.K.H2O.H/c1-2-3-4-5-6-7-8-9-10-11-12-13-14-15-16-17-18(19)20;;;/h2-17H2,1H3,(H,19,20);;1H2;/q;+1;;-1. The van der Waals surface area contributed by atoms with E-state index < -0.39 is 5.97 Å². The van der Waals surface area contributed by atoms with Crippen molar-refractivity contribution in [1.82, 2.24) is 0 Å². The number of carboxylic acid groups (broad SMARTS) is 1. The molecule has 0 aromatic rings. The quantitative estimate of drug-likeness (QED) is 0.346. The van der Waals surface area contributed by atoms with E-state index in [0.717, 1.165) is 12.8 Å². The molecule has 0 fully saturated rings. The van der Waals surface area contributed by atoms with Crippen LogP contribution in [0.1, 0.15) is 111 Å². The van der Waals surface area contributed by atoms with Crippen LogP contribution in [0.25, 0.3) is 0 Å². The smallest absolute Gasteiger partial charge is 1.00 e. The minimum atomic E-state index is -0.653. The Kier molecular flexibility index (Phi) is 30.8. The van der Waals surface area contributed by atoms with Gasteiger partial charge in [-0.05, 0) is 6.42 Å². The van der Waals surface area contributed by atoms with Crippen molar-refractivity contribution in [1.29, 1.82) is 0 Å². The van der Waals surface area contributed by atoms with Crippen LogP contribution in [0, 0.1) is 0 Å². The van der Waals surface area contributed by atoms with Crippen LogP contribution >= 0.6 is 0 Å². The molecule has 0 atom stereocenters. The fourth-order valence-electron chi connectivity index (χ4n) is 2.65. The maximum atomic E-state index is 10.3. The van der Waals surface area contributed by atoms with Gasteiger partial charge < -0.3 is 12.0 Å². The van der Waals surface area contributed by atoms with E-state index >= 15 is 0 Å². The summed E-state index contributed by atoms with van der Waals surface area (Å²) in [5, 5.41) is 8.52. The average molecular weight is 343 g/mol. The first-order chi connectivity index (χ1) is 9.77. The van der Waals surface area contributed by atoms with Gasteiger partial charge in [0.05, 0.1) is 0 Å². The summed E-state index contributed by atoms with van der Waals surface area (Å²) in [5.74, 6) is -0.653. The fraction of sp³-hybridized carbons (Fsp3) is 0.944. The summed E-state index contributed by atoms with van der Waals surface area (Å²) in [6, 6.07) is 0. The molecule has 0 aliphatic carbocycles. The number of rotatable bonds is 16. The molecular weight excluding hydrogens is 303 g/mol. The van der Waals surface area contributed by atoms with E-state index in [4.69, 9.17) is 5.11 Å². The summed E-state index contributed by atoms with van der Waals surface area (Å²) < 4.78 is 0. The van der Waals surface area contributed by atoms with Crippen LogP contribution in [0.4, 0.5) is 0 Å². The van der Waals surface area contributed by atoms with Gasteiger partial charge in [0.2, 0.25) is 0 Å². The number of unbranched alkanes of at least 4 members (excludes halogenated alkanes) is 14. The van der Waals surface area contributed by atoms with Crippen molar-refractivity contribution in [2.45, 2.75) is 110 Å². The molecule has 4 heteroatoms. The van der Waals surface area contributed by atoms with E-state index in [-0.39, 0.29) is 58.3 Å². The van der Waals surface area contributed by atoms with E-state index in [9.17, 15) is 4.79 Å². The summed E-state index contributed by atoms with van der Waals surface area (Å²) in [6.45, 7) is 2.27. The Morgan fingerprint density at radius 3 is 1.23 bits per heavy atom. The monoisotopic (exact) mass is 342 g/mol. The molecule has 0 bridgehead atoms. The van der Waals surface area contributed by atoms with E-state index in [2.05, 4.69) is 6.92 Å². The summed E-state index contributed by atoms with van der Waals surface area (Å²) in [7, 11) is 0. The van der Waals surface area contributed by atoms with Gasteiger partial charge in [0.15, 0.2) is 0 Å². The molecule has 0 radical (unpaired) electrons. The van der Waals surface area contributed by atoms with Gasteiger partial charge in [0, 0.05) is 6.42 Å². The van der Waals surface area contributed by atoms with Crippen molar-refractivity contribution in [3.63, 3.8) is 0 Å². The van der Waals surface area contributed by atoms with Crippen molar-refractivity contribution >= 4 is 5.97 Å². The second-order valence-corrected chi connectivity index (χ2v) is 6.09. The molecule has 3 nitrogen and oxygen atoms in total. The number of hydrogen-bond donors (Lipinski definition) is 1. The Morgan fingerprint density at radius 1 is 0.682 bits per heavy atom. The Morgan fingerprint density at radius 2 is 0.955 bits per heavy atom. The van der Waals surface area contributed by atoms with Crippen LogP contribution in [0.2, 0.25) is 0 Å². The minimum Gasteiger partial charge on any atom is -1.00 e. The molecule has 130 valence electrons. The first kappa shape index (κ1) is 27.9. The van der Waals surface area contributed by atoms with Crippen LogP contribution in [-0.4, -0.2) is 16.6 Å². The molecule has 0 aromatic carbocycles. The van der Waals surface area contributed by atoms with Crippen LogP contribution in [0.15, 0.2) is 0 Å². The molecule has 0 rings (SSSR count). The first-order valence-corrected chi connectivity index (χ1v) is 8.99. The molecule has 0 spiro atoms. The third kappa shape index (κ3) is 26.0. The Hall–Kier alpha value is 1.07. The molecule has 0 amide bonds. The molecule has 0 saturated carbocycles. The van der Waals surface area contributed by atoms with E-state index in [1.54, 1.807) is 0 Å². The maximum absolute atomic E-state index is 10.3. The molecule has 0 heterocycles. The van der Waals surface area contributed by atoms with Gasteiger partial charge in [-0.2, -0.15) is 0 Å². The number of hydrogen-bond acceptors (Lipinski definition) is 1. The second kappa shape index (κ2) is 24.3. The molecule has 0 aliphatic rings. The largest absolute Gasteiger partial charge is 1.00 e. The predicted octanol–water partition coefficient (Wildman–Crippen LogP) is 2.62. The molecule has 0 aromatic heterocycles. The second-order valence-electron chi connectivity index (χ2n) is 6.09. The third-order valence-corrected chi connectivity index (χ3v) is 3.99. The van der Waals surface area contributed by atoms with Gasteiger partial charge in [-0.15, -0.1) is 0 Å². The Balaban J connectivity index is -0.000000602. The van der Waals surface area contributed by atoms with Gasteiger partial charge >= 0.3 is 57.4 Å². The molecule has 0 unspecified atom stereocenters. The Labute approximate surface area is 182 Å². The van der Waals surface area contributed by atoms with Crippen molar-refractivity contribution < 1.29 is 68.2 Å². The van der Waals surface area contributed by atoms with Crippen LogP contribution in [0.3, 0.4) is 0 Å². The molecule has 3 N–H and O–H groups in total. The first-order valence-electron chi connectivity index (χ1n) is 8.99. The van der Waals surface area contributed by atoms with E-state index in [1.807, 2.05) is 0 Å². The third-order valence-electron chi connectivity index (χ3n) is 3.99. The summed E-state index contributed by atoms with van der Waals surface area (Å²) in [5.41, 5.74) is 0. The van der Waals surface area contributed by atoms with E-state index in [1.165, 1.54) is 83.5 Å². The number of carbonyl (C=O) groups is 1. The topological polar surface area (TPSA) is 68.8 Å². The summed E-state index contributed by atoms with van der Waals surface area (Å²) >= 11 is 0. The number of carboxylic acids is 1. The van der Waals surface area contributed by atoms with Gasteiger partial charge in [-0.3, -0.25) is 4.79 Å². The normalized spacial score (nSPS) is 9.86. The van der Waals surface area contributed by atoms with Crippen LogP contribution < -0.4 is 51.4 Å². The zero-order valence-electron chi connectivity index (χ0n) is 16.2. The van der Waals surface area contributed by atoms with Gasteiger partial charge in [0.25, 0.3) is 0 Å². The van der Waals surface area contributed by atoms with Gasteiger partial charge in [0.1, 0.15) is 0 Å². The van der Waals surface area contributed by atoms with Crippen LogP contribution in [0.5, 0.6) is 0 Å². The molecular formula is C18H39KO3. The van der Waals surface area contributed by atoms with Gasteiger partial charge in [-0.25, -0.2) is 0 Å². The Bertz CT molecular complexity index is 216. The maximum Gasteiger partial charge on any atom is 1.00 e. The average Bonchev–Trinajstić information content (AvgIpc) is 2.43. The zero-order valence-corrected chi connectivity index (χ0v) is 18.3. The van der Waals surface area contributed by atoms with Crippen molar-refractivity contribution in [2.24, 2.45) is 0 Å². The van der Waals surface area contributed by atoms with E-state index in [0.29, 0.717) is 6.42 Å². The predicted molar refractivity (Wildman–Crippen MR) is 91.9 cm³/mol. The minimum absolute atomic E-state index is 0. The SMILES string of the molecule is CCCCCCCCCCCCCCCCCC(=O)O.O.[H-].[K+]. The van der Waals surface area contributed by atoms with Crippen molar-refractivity contribution in [3.05, 3.63) is 0 Å². The molecule has 0 aliphatic heterocycles. The van der Waals surface area contributed by atoms with Crippen molar-refractivity contribution in [2.75, 3.05) is 0 Å². The van der Waals surface area contributed by atoms with Gasteiger partial charge in [-0.1, -0.05) is 96.8 Å². The summed E-state index contributed by atoms with van der Waals surface area (Å²) in [6.07, 6.45) is 20.2. The van der Waals surface area contributed by atoms with Crippen LogP contribution in [-0.2, 0) is 4.79 Å².